The quantitative estimate of drug-likeness (QED) is 0.407. The molecule has 2 amide bonds. The van der Waals surface area contributed by atoms with Crippen molar-refractivity contribution in [3.8, 4) is 0 Å². The van der Waals surface area contributed by atoms with Gasteiger partial charge in [0, 0.05) is 5.75 Å². The third-order valence-corrected chi connectivity index (χ3v) is 7.19. The minimum atomic E-state index is -0.660. The van der Waals surface area contributed by atoms with Gasteiger partial charge in [0.05, 0.1) is 6.42 Å². The largest absolute Gasteiger partial charge is 0.448 e. The highest BCUT2D eigenvalue weighted by molar-refractivity contribution is 8.00. The fraction of sp³-hybridized carbons (Fsp3) is 0.179. The number of fused-ring (bicyclic) bond motifs is 1. The van der Waals surface area contributed by atoms with Crippen LogP contribution in [0.5, 0.6) is 0 Å². The Labute approximate surface area is 208 Å². The first-order valence-corrected chi connectivity index (χ1v) is 12.5. The molecule has 5 rings (SSSR count). The van der Waals surface area contributed by atoms with Crippen LogP contribution in [-0.4, -0.2) is 39.9 Å². The van der Waals surface area contributed by atoms with Gasteiger partial charge in [0.1, 0.15) is 17.1 Å². The van der Waals surface area contributed by atoms with E-state index in [0.29, 0.717) is 5.75 Å². The van der Waals surface area contributed by atoms with Crippen LogP contribution in [-0.2, 0) is 25.5 Å². The number of thioether (sulfide) groups is 1. The van der Waals surface area contributed by atoms with E-state index in [9.17, 15) is 14.4 Å². The number of carbonyl (C=O) groups excluding carboxylic acids is 3. The molecule has 0 bridgehead atoms. The Morgan fingerprint density at radius 3 is 2.09 bits per heavy atom. The van der Waals surface area contributed by atoms with Gasteiger partial charge < -0.3 is 10.1 Å². The minimum Gasteiger partial charge on any atom is -0.448 e. The number of nitrogens with zero attached hydrogens (tertiary/aromatic N) is 1. The molecule has 2 heterocycles. The van der Waals surface area contributed by atoms with Gasteiger partial charge in [-0.3, -0.25) is 14.5 Å². The van der Waals surface area contributed by atoms with E-state index in [4.69, 9.17) is 4.74 Å². The molecule has 176 valence electrons. The Kier molecular flexibility index (Phi) is 6.68. The number of hydrogen-bond acceptors (Lipinski definition) is 5. The Balaban J connectivity index is 1.28. The zero-order chi connectivity index (χ0) is 24.2. The monoisotopic (exact) mass is 484 g/mol. The molecule has 1 fully saturated rings. The fourth-order valence-corrected chi connectivity index (χ4v) is 5.48. The van der Waals surface area contributed by atoms with Gasteiger partial charge in [0.15, 0.2) is 6.10 Å². The predicted molar refractivity (Wildman–Crippen MR) is 134 cm³/mol. The van der Waals surface area contributed by atoms with E-state index in [-0.39, 0.29) is 29.3 Å². The van der Waals surface area contributed by atoms with E-state index >= 15 is 0 Å². The van der Waals surface area contributed by atoms with Crippen molar-refractivity contribution in [2.45, 2.75) is 23.9 Å². The molecule has 3 aromatic carbocycles. The van der Waals surface area contributed by atoms with E-state index in [1.54, 1.807) is 6.08 Å². The summed E-state index contributed by atoms with van der Waals surface area (Å²) in [5.41, 5.74) is 2.79. The van der Waals surface area contributed by atoms with Crippen molar-refractivity contribution in [1.29, 1.82) is 0 Å². The summed E-state index contributed by atoms with van der Waals surface area (Å²) in [6.07, 6.45) is 1.32. The number of esters is 1. The van der Waals surface area contributed by atoms with Crippen LogP contribution in [0.15, 0.2) is 103 Å². The van der Waals surface area contributed by atoms with Crippen LogP contribution in [0.2, 0.25) is 0 Å². The molecule has 35 heavy (non-hydrogen) atoms. The van der Waals surface area contributed by atoms with Crippen LogP contribution in [0.25, 0.3) is 0 Å². The van der Waals surface area contributed by atoms with Crippen LogP contribution in [0.1, 0.15) is 22.8 Å². The third kappa shape index (κ3) is 4.86. The molecule has 2 atom stereocenters. The predicted octanol–water partition coefficient (Wildman–Crippen LogP) is 3.85. The lowest BCUT2D eigenvalue weighted by molar-refractivity contribution is -0.154. The molecular weight excluding hydrogens is 460 g/mol. The van der Waals surface area contributed by atoms with Crippen LogP contribution < -0.4 is 5.32 Å². The zero-order valence-electron chi connectivity index (χ0n) is 18.9. The number of carbonyl (C=O) groups is 3. The van der Waals surface area contributed by atoms with E-state index in [2.05, 4.69) is 5.32 Å². The average molecular weight is 485 g/mol. The topological polar surface area (TPSA) is 75.7 Å². The average Bonchev–Trinajstić information content (AvgIpc) is 2.91. The number of ether oxygens (including phenoxy) is 1. The highest BCUT2D eigenvalue weighted by Crippen LogP contribution is 2.39. The Morgan fingerprint density at radius 2 is 1.49 bits per heavy atom. The number of hydrogen-bond donors (Lipinski definition) is 1. The molecule has 0 saturated carbocycles. The second-order valence-corrected chi connectivity index (χ2v) is 9.49. The van der Waals surface area contributed by atoms with Crippen LogP contribution >= 0.6 is 11.8 Å². The summed E-state index contributed by atoms with van der Waals surface area (Å²) < 4.78 is 5.96. The molecule has 2 unspecified atom stereocenters. The van der Waals surface area contributed by atoms with Crippen molar-refractivity contribution >= 4 is 29.5 Å². The fourth-order valence-electron chi connectivity index (χ4n) is 4.29. The maximum Gasteiger partial charge on any atom is 0.355 e. The first-order valence-electron chi connectivity index (χ1n) is 11.4. The smallest absolute Gasteiger partial charge is 0.355 e. The molecule has 0 radical (unpaired) electrons. The highest BCUT2D eigenvalue weighted by atomic mass is 32.2. The number of nitrogens with one attached hydrogen (secondary N) is 1. The molecule has 1 N–H and O–H groups in total. The maximum absolute atomic E-state index is 13.3. The lowest BCUT2D eigenvalue weighted by atomic mass is 10.0. The molecule has 2 aliphatic rings. The van der Waals surface area contributed by atoms with Gasteiger partial charge in [-0.2, -0.15) is 0 Å². The first kappa shape index (κ1) is 22.9. The SMILES string of the molecule is O=C(Cc1ccccc1)NC1C(=O)N2C(C(=O)OC(c3ccccc3)c3ccccc3)=CCSC12. The van der Waals surface area contributed by atoms with Crippen LogP contribution in [0.4, 0.5) is 0 Å². The van der Waals surface area contributed by atoms with Gasteiger partial charge in [-0.1, -0.05) is 91.0 Å². The molecule has 1 saturated heterocycles. The molecule has 0 spiro atoms. The molecule has 3 aromatic rings. The van der Waals surface area contributed by atoms with Gasteiger partial charge in [0.25, 0.3) is 5.91 Å². The second kappa shape index (κ2) is 10.2. The van der Waals surface area contributed by atoms with Crippen molar-refractivity contribution in [2.24, 2.45) is 0 Å². The Bertz CT molecular complexity index is 1210. The summed E-state index contributed by atoms with van der Waals surface area (Å²) in [5, 5.41) is 2.50. The van der Waals surface area contributed by atoms with Gasteiger partial charge >= 0.3 is 5.97 Å². The first-order chi connectivity index (χ1) is 17.1. The third-order valence-electron chi connectivity index (χ3n) is 6.01. The van der Waals surface area contributed by atoms with E-state index < -0.39 is 18.1 Å². The number of amides is 2. The van der Waals surface area contributed by atoms with Gasteiger partial charge in [-0.25, -0.2) is 4.79 Å². The summed E-state index contributed by atoms with van der Waals surface area (Å²) in [6.45, 7) is 0. The van der Waals surface area contributed by atoms with Gasteiger partial charge in [-0.15, -0.1) is 11.8 Å². The van der Waals surface area contributed by atoms with E-state index in [0.717, 1.165) is 16.7 Å². The normalized spacial score (nSPS) is 18.8. The summed E-state index contributed by atoms with van der Waals surface area (Å²) in [6, 6.07) is 27.7. The standard InChI is InChI=1S/C28H24N2O4S/c31-23(18-19-10-4-1-5-11-19)29-24-26(32)30-22(16-17-35-27(24)30)28(33)34-25(20-12-6-2-7-13-20)21-14-8-3-9-15-21/h1-16,24-25,27H,17-18H2,(H,29,31). The number of rotatable bonds is 7. The van der Waals surface area contributed by atoms with Gasteiger partial charge in [-0.05, 0) is 22.8 Å². The van der Waals surface area contributed by atoms with Crippen molar-refractivity contribution in [3.63, 3.8) is 0 Å². The number of benzene rings is 3. The second-order valence-electron chi connectivity index (χ2n) is 8.34. The van der Waals surface area contributed by atoms with Crippen molar-refractivity contribution in [1.82, 2.24) is 10.2 Å². The molecule has 6 nitrogen and oxygen atoms in total. The summed E-state index contributed by atoms with van der Waals surface area (Å²) in [4.78, 5) is 40.2. The van der Waals surface area contributed by atoms with Gasteiger partial charge in [0.2, 0.25) is 5.91 Å². The summed E-state index contributed by atoms with van der Waals surface area (Å²) in [5.74, 6) is -0.537. The van der Waals surface area contributed by atoms with E-state index in [1.165, 1.54) is 16.7 Å². The van der Waals surface area contributed by atoms with Crippen molar-refractivity contribution in [3.05, 3.63) is 119 Å². The lowest BCUT2D eigenvalue weighted by Gasteiger charge is -2.48. The zero-order valence-corrected chi connectivity index (χ0v) is 19.7. The molecule has 0 aromatic heterocycles. The van der Waals surface area contributed by atoms with Crippen LogP contribution in [0, 0.1) is 0 Å². The summed E-state index contributed by atoms with van der Waals surface area (Å²) in [7, 11) is 0. The van der Waals surface area contributed by atoms with Crippen LogP contribution in [0.3, 0.4) is 0 Å². The Hall–Kier alpha value is -3.84. The molecule has 7 heteroatoms. The van der Waals surface area contributed by atoms with E-state index in [1.807, 2.05) is 91.0 Å². The van der Waals surface area contributed by atoms with Crippen molar-refractivity contribution < 1.29 is 19.1 Å². The minimum absolute atomic E-state index is 0.197. The highest BCUT2D eigenvalue weighted by Gasteiger charge is 2.53. The maximum atomic E-state index is 13.3. The molecule has 2 aliphatic heterocycles. The lowest BCUT2D eigenvalue weighted by Crippen LogP contribution is -2.70. The molecule has 0 aliphatic carbocycles. The van der Waals surface area contributed by atoms with Crippen molar-refractivity contribution in [2.75, 3.05) is 5.75 Å². The Morgan fingerprint density at radius 1 is 0.914 bits per heavy atom. The summed E-state index contributed by atoms with van der Waals surface area (Å²) >= 11 is 1.51. The molecular formula is C28H24N2O4S. The number of β-lactam (4-membered cyclic amide) rings is 1.